The second-order valence-corrected chi connectivity index (χ2v) is 4.78. The minimum atomic E-state index is -0.0702. The maximum absolute atomic E-state index is 12.0. The molecule has 3 rings (SSSR count). The molecule has 1 unspecified atom stereocenters. The first-order valence-electron chi connectivity index (χ1n) is 6.70. The Morgan fingerprint density at radius 2 is 2.40 bits per heavy atom. The van der Waals surface area contributed by atoms with E-state index in [9.17, 15) is 4.79 Å². The molecule has 20 heavy (non-hydrogen) atoms. The Labute approximate surface area is 123 Å². The average molecular weight is 296 g/mol. The number of rotatable bonds is 3. The van der Waals surface area contributed by atoms with E-state index in [-0.39, 0.29) is 24.4 Å². The molecule has 0 spiro atoms. The third-order valence-corrected chi connectivity index (χ3v) is 3.38. The highest BCUT2D eigenvalue weighted by Crippen LogP contribution is 2.20. The molecule has 1 fully saturated rings. The van der Waals surface area contributed by atoms with Crippen molar-refractivity contribution in [1.29, 1.82) is 0 Å². The molecule has 1 aromatic heterocycles. The standard InChI is InChI=1S/C14H17N3O2.ClH/c1-2-13-17-11-8-9(5-6-12(11)19-13)16-14(18)10-4-3-7-15-10;/h5-6,8,10,15H,2-4,7H2,1H3,(H,16,18);1H. The monoisotopic (exact) mass is 295 g/mol. The molecular formula is C14H18ClN3O2. The van der Waals surface area contributed by atoms with Crippen LogP contribution in [0.2, 0.25) is 0 Å². The van der Waals surface area contributed by atoms with Gasteiger partial charge < -0.3 is 15.1 Å². The van der Waals surface area contributed by atoms with Gasteiger partial charge in [0.15, 0.2) is 11.5 Å². The number of aryl methyl sites for hydroxylation is 1. The second kappa shape index (κ2) is 6.24. The minimum absolute atomic E-state index is 0. The van der Waals surface area contributed by atoms with Crippen LogP contribution in [-0.4, -0.2) is 23.5 Å². The number of aromatic nitrogens is 1. The summed E-state index contributed by atoms with van der Waals surface area (Å²) in [5.74, 6) is 0.743. The summed E-state index contributed by atoms with van der Waals surface area (Å²) in [6.07, 6.45) is 2.72. The molecule has 2 heterocycles. The van der Waals surface area contributed by atoms with Gasteiger partial charge in [0.25, 0.3) is 0 Å². The molecule has 0 aliphatic carbocycles. The van der Waals surface area contributed by atoms with Gasteiger partial charge in [-0.25, -0.2) is 4.98 Å². The van der Waals surface area contributed by atoms with Gasteiger partial charge in [-0.3, -0.25) is 4.79 Å². The van der Waals surface area contributed by atoms with Crippen molar-refractivity contribution < 1.29 is 9.21 Å². The molecule has 108 valence electrons. The quantitative estimate of drug-likeness (QED) is 0.913. The van der Waals surface area contributed by atoms with Gasteiger partial charge in [-0.15, -0.1) is 12.4 Å². The summed E-state index contributed by atoms with van der Waals surface area (Å²) in [5, 5.41) is 6.10. The lowest BCUT2D eigenvalue weighted by Crippen LogP contribution is -2.35. The van der Waals surface area contributed by atoms with E-state index in [4.69, 9.17) is 4.42 Å². The molecule has 1 atom stereocenters. The average Bonchev–Trinajstić information content (AvgIpc) is 3.07. The lowest BCUT2D eigenvalue weighted by atomic mass is 10.2. The van der Waals surface area contributed by atoms with Gasteiger partial charge in [0.05, 0.1) is 6.04 Å². The molecule has 1 aliphatic rings. The van der Waals surface area contributed by atoms with E-state index in [0.717, 1.165) is 48.5 Å². The van der Waals surface area contributed by atoms with Gasteiger partial charge in [0.1, 0.15) is 5.52 Å². The summed E-state index contributed by atoms with van der Waals surface area (Å²) in [6.45, 7) is 2.92. The zero-order valence-corrected chi connectivity index (χ0v) is 12.1. The fraction of sp³-hybridized carbons (Fsp3) is 0.429. The van der Waals surface area contributed by atoms with E-state index >= 15 is 0 Å². The second-order valence-electron chi connectivity index (χ2n) is 4.78. The van der Waals surface area contributed by atoms with Crippen LogP contribution in [0, 0.1) is 0 Å². The SMILES string of the molecule is CCc1nc2cc(NC(=O)C3CCCN3)ccc2o1.Cl. The first-order valence-corrected chi connectivity index (χ1v) is 6.70. The van der Waals surface area contributed by atoms with Crippen LogP contribution in [0.25, 0.3) is 11.1 Å². The fourth-order valence-corrected chi connectivity index (χ4v) is 2.34. The van der Waals surface area contributed by atoms with Gasteiger partial charge in [-0.05, 0) is 37.6 Å². The third-order valence-electron chi connectivity index (χ3n) is 3.38. The highest BCUT2D eigenvalue weighted by Gasteiger charge is 2.22. The number of anilines is 1. The van der Waals surface area contributed by atoms with Gasteiger partial charge >= 0.3 is 0 Å². The van der Waals surface area contributed by atoms with Crippen LogP contribution in [-0.2, 0) is 11.2 Å². The molecule has 1 aromatic carbocycles. The normalized spacial score (nSPS) is 17.9. The Morgan fingerprint density at radius 1 is 1.55 bits per heavy atom. The first-order chi connectivity index (χ1) is 9.26. The van der Waals surface area contributed by atoms with Crippen molar-refractivity contribution in [2.75, 3.05) is 11.9 Å². The van der Waals surface area contributed by atoms with Crippen LogP contribution in [0.1, 0.15) is 25.7 Å². The minimum Gasteiger partial charge on any atom is -0.441 e. The number of halogens is 1. The van der Waals surface area contributed by atoms with Crippen molar-refractivity contribution in [3.8, 4) is 0 Å². The first kappa shape index (κ1) is 14.8. The summed E-state index contributed by atoms with van der Waals surface area (Å²) >= 11 is 0. The molecule has 6 heteroatoms. The van der Waals surface area contributed by atoms with Crippen LogP contribution >= 0.6 is 12.4 Å². The van der Waals surface area contributed by atoms with Crippen molar-refractivity contribution >= 4 is 35.1 Å². The Balaban J connectivity index is 0.00000147. The van der Waals surface area contributed by atoms with E-state index in [1.807, 2.05) is 25.1 Å². The van der Waals surface area contributed by atoms with Crippen LogP contribution in [0.3, 0.4) is 0 Å². The van der Waals surface area contributed by atoms with Crippen molar-refractivity contribution in [3.05, 3.63) is 24.1 Å². The molecule has 0 radical (unpaired) electrons. The van der Waals surface area contributed by atoms with Gasteiger partial charge in [-0.2, -0.15) is 0 Å². The number of amides is 1. The smallest absolute Gasteiger partial charge is 0.241 e. The number of oxazole rings is 1. The highest BCUT2D eigenvalue weighted by atomic mass is 35.5. The Kier molecular flexibility index (Phi) is 4.62. The number of fused-ring (bicyclic) bond motifs is 1. The number of carbonyl (C=O) groups excluding carboxylic acids is 1. The maximum atomic E-state index is 12.0. The summed E-state index contributed by atoms with van der Waals surface area (Å²) in [4.78, 5) is 16.4. The maximum Gasteiger partial charge on any atom is 0.241 e. The van der Waals surface area contributed by atoms with Crippen LogP contribution in [0.5, 0.6) is 0 Å². The predicted octanol–water partition coefficient (Wildman–Crippen LogP) is 2.50. The van der Waals surface area contributed by atoms with Crippen molar-refractivity contribution in [3.63, 3.8) is 0 Å². The van der Waals surface area contributed by atoms with E-state index in [1.54, 1.807) is 0 Å². The van der Waals surface area contributed by atoms with E-state index in [1.165, 1.54) is 0 Å². The third kappa shape index (κ3) is 2.94. The molecule has 5 nitrogen and oxygen atoms in total. The molecule has 2 N–H and O–H groups in total. The molecule has 1 amide bonds. The molecule has 1 saturated heterocycles. The zero-order chi connectivity index (χ0) is 13.2. The number of benzene rings is 1. The number of nitrogens with one attached hydrogen (secondary N) is 2. The Hall–Kier alpha value is -1.59. The summed E-state index contributed by atoms with van der Waals surface area (Å²) in [7, 11) is 0. The number of hydrogen-bond acceptors (Lipinski definition) is 4. The Bertz CT molecular complexity index is 605. The molecule has 0 bridgehead atoms. The van der Waals surface area contributed by atoms with Crippen LogP contribution in [0.15, 0.2) is 22.6 Å². The summed E-state index contributed by atoms with van der Waals surface area (Å²) < 4.78 is 5.54. The molecular weight excluding hydrogens is 278 g/mol. The predicted molar refractivity (Wildman–Crippen MR) is 80.3 cm³/mol. The lowest BCUT2D eigenvalue weighted by Gasteiger charge is -2.10. The Morgan fingerprint density at radius 3 is 3.10 bits per heavy atom. The molecule has 0 saturated carbocycles. The fourth-order valence-electron chi connectivity index (χ4n) is 2.34. The summed E-state index contributed by atoms with van der Waals surface area (Å²) in [6, 6.07) is 5.48. The van der Waals surface area contributed by atoms with Crippen molar-refractivity contribution in [1.82, 2.24) is 10.3 Å². The van der Waals surface area contributed by atoms with Gasteiger partial charge in [-0.1, -0.05) is 6.92 Å². The van der Waals surface area contributed by atoms with E-state index in [2.05, 4.69) is 15.6 Å². The van der Waals surface area contributed by atoms with Crippen molar-refractivity contribution in [2.45, 2.75) is 32.2 Å². The zero-order valence-electron chi connectivity index (χ0n) is 11.3. The molecule has 2 aromatic rings. The molecule has 1 aliphatic heterocycles. The number of nitrogens with zero attached hydrogens (tertiary/aromatic N) is 1. The van der Waals surface area contributed by atoms with Crippen LogP contribution in [0.4, 0.5) is 5.69 Å². The topological polar surface area (TPSA) is 67.2 Å². The lowest BCUT2D eigenvalue weighted by molar-refractivity contribution is -0.117. The largest absolute Gasteiger partial charge is 0.441 e. The van der Waals surface area contributed by atoms with Gasteiger partial charge in [0, 0.05) is 12.1 Å². The van der Waals surface area contributed by atoms with Gasteiger partial charge in [0.2, 0.25) is 5.91 Å². The number of hydrogen-bond donors (Lipinski definition) is 2. The van der Waals surface area contributed by atoms with Crippen molar-refractivity contribution in [2.24, 2.45) is 0 Å². The summed E-state index contributed by atoms with van der Waals surface area (Å²) in [5.41, 5.74) is 2.31. The highest BCUT2D eigenvalue weighted by molar-refractivity contribution is 5.96. The van der Waals surface area contributed by atoms with Crippen LogP contribution < -0.4 is 10.6 Å². The number of carbonyl (C=O) groups is 1. The van der Waals surface area contributed by atoms with E-state index < -0.39 is 0 Å². The van der Waals surface area contributed by atoms with E-state index in [0.29, 0.717) is 0 Å².